The van der Waals surface area contributed by atoms with Crippen LogP contribution in [0.4, 0.5) is 29.3 Å². The smallest absolute Gasteiger partial charge is 0.364 e. The second-order valence-electron chi connectivity index (χ2n) is 11.4. The Balaban J connectivity index is 1.53. The van der Waals surface area contributed by atoms with E-state index < -0.39 is 41.2 Å². The van der Waals surface area contributed by atoms with Gasteiger partial charge in [-0.3, -0.25) is 19.6 Å². The minimum absolute atomic E-state index is 0.0358. The van der Waals surface area contributed by atoms with Gasteiger partial charge >= 0.3 is 12.2 Å². The van der Waals surface area contributed by atoms with Crippen molar-refractivity contribution >= 4 is 23.3 Å². The number of hydrogen-bond donors (Lipinski definition) is 1. The van der Waals surface area contributed by atoms with E-state index >= 15 is 0 Å². The highest BCUT2D eigenvalue weighted by Gasteiger charge is 2.49. The van der Waals surface area contributed by atoms with Crippen LogP contribution < -0.4 is 15.5 Å². The summed E-state index contributed by atoms with van der Waals surface area (Å²) >= 11 is 0. The van der Waals surface area contributed by atoms with Gasteiger partial charge in [-0.1, -0.05) is 73.5 Å². The zero-order valence-corrected chi connectivity index (χ0v) is 24.2. The van der Waals surface area contributed by atoms with E-state index in [1.807, 2.05) is 60.7 Å². The molecule has 4 aromatic rings. The standard InChI is InChI=1S/C35H30F3N5O2/c36-35(37,38)27-20-25(16-15-24(27)21-39)42-28-13-7-8-14-29(28)43(34(42)45)30-17-18-41-32(33(40)44)31(30)26(23-11-5-2-6-12-23)19-22-9-3-1-4-10-22/h1-6,9-12,15-18,20,26,28-29H,7-8,13-14,19H2,(H2,40,44)/t26?,28-,29-/m0/s1. The van der Waals surface area contributed by atoms with Gasteiger partial charge < -0.3 is 5.73 Å². The molecule has 3 amide bonds. The average Bonchev–Trinajstić information content (AvgIpc) is 3.34. The lowest BCUT2D eigenvalue weighted by atomic mass is 9.83. The number of primary amides is 1. The Hall–Kier alpha value is -5.17. The van der Waals surface area contributed by atoms with E-state index in [-0.39, 0.29) is 17.4 Å². The third-order valence-corrected chi connectivity index (χ3v) is 8.77. The van der Waals surface area contributed by atoms with Gasteiger partial charge in [0.15, 0.2) is 0 Å². The number of anilines is 2. The molecule has 2 N–H and O–H groups in total. The number of pyridine rings is 1. The van der Waals surface area contributed by atoms with Crippen molar-refractivity contribution in [3.05, 3.63) is 125 Å². The molecule has 7 nitrogen and oxygen atoms in total. The van der Waals surface area contributed by atoms with Gasteiger partial charge in [-0.25, -0.2) is 4.79 Å². The summed E-state index contributed by atoms with van der Waals surface area (Å²) in [5.41, 5.74) is 7.26. The number of halogens is 3. The van der Waals surface area contributed by atoms with Crippen LogP contribution in [-0.4, -0.2) is 29.0 Å². The third kappa shape index (κ3) is 5.62. The predicted octanol–water partition coefficient (Wildman–Crippen LogP) is 7.20. The molecule has 3 aromatic carbocycles. The number of amides is 3. The molecular weight excluding hydrogens is 579 g/mol. The first-order valence-corrected chi connectivity index (χ1v) is 14.8. The second kappa shape index (κ2) is 12.1. The summed E-state index contributed by atoms with van der Waals surface area (Å²) in [5.74, 6) is -1.16. The number of urea groups is 1. The second-order valence-corrected chi connectivity index (χ2v) is 11.4. The molecule has 2 fully saturated rings. The highest BCUT2D eigenvalue weighted by molar-refractivity contribution is 6.09. The normalized spacial score (nSPS) is 18.8. The number of fused-ring (bicyclic) bond motifs is 1. The number of nitrogens with two attached hydrogens (primary N) is 1. The molecule has 2 aliphatic rings. The van der Waals surface area contributed by atoms with Gasteiger partial charge in [0.2, 0.25) is 0 Å². The maximum atomic E-state index is 14.5. The van der Waals surface area contributed by atoms with Crippen molar-refractivity contribution in [3.8, 4) is 6.07 Å². The van der Waals surface area contributed by atoms with Gasteiger partial charge in [-0.05, 0) is 54.7 Å². The molecule has 0 radical (unpaired) electrons. The summed E-state index contributed by atoms with van der Waals surface area (Å²) in [6.45, 7) is 0. The van der Waals surface area contributed by atoms with Crippen LogP contribution in [0.25, 0.3) is 0 Å². The van der Waals surface area contributed by atoms with E-state index in [1.165, 1.54) is 17.2 Å². The lowest BCUT2D eigenvalue weighted by Gasteiger charge is -2.33. The van der Waals surface area contributed by atoms with Gasteiger partial charge in [0, 0.05) is 23.4 Å². The average molecular weight is 610 g/mol. The molecule has 10 heteroatoms. The minimum Gasteiger partial charge on any atom is -0.364 e. The molecule has 228 valence electrons. The van der Waals surface area contributed by atoms with E-state index in [1.54, 1.807) is 17.0 Å². The van der Waals surface area contributed by atoms with Crippen LogP contribution in [-0.2, 0) is 12.6 Å². The van der Waals surface area contributed by atoms with Crippen LogP contribution in [0.5, 0.6) is 0 Å². The Morgan fingerprint density at radius 1 is 0.956 bits per heavy atom. The molecule has 6 rings (SSSR count). The van der Waals surface area contributed by atoms with Crippen molar-refractivity contribution in [3.63, 3.8) is 0 Å². The zero-order valence-electron chi connectivity index (χ0n) is 24.2. The molecule has 1 saturated carbocycles. The van der Waals surface area contributed by atoms with Gasteiger partial charge in [-0.2, -0.15) is 18.4 Å². The number of carbonyl (C=O) groups excluding carboxylic acids is 2. The predicted molar refractivity (Wildman–Crippen MR) is 164 cm³/mol. The minimum atomic E-state index is -4.77. The number of aromatic nitrogens is 1. The lowest BCUT2D eigenvalue weighted by molar-refractivity contribution is -0.137. The van der Waals surface area contributed by atoms with Gasteiger partial charge in [0.25, 0.3) is 5.91 Å². The van der Waals surface area contributed by atoms with Crippen LogP contribution >= 0.6 is 0 Å². The van der Waals surface area contributed by atoms with E-state index in [9.17, 15) is 28.0 Å². The summed E-state index contributed by atoms with van der Waals surface area (Å²) < 4.78 is 41.9. The summed E-state index contributed by atoms with van der Waals surface area (Å²) in [7, 11) is 0. The molecule has 0 bridgehead atoms. The molecule has 1 aromatic heterocycles. The molecule has 3 atom stereocenters. The van der Waals surface area contributed by atoms with Crippen LogP contribution in [0, 0.1) is 11.3 Å². The number of nitriles is 1. The molecule has 1 saturated heterocycles. The maximum Gasteiger partial charge on any atom is 0.417 e. The van der Waals surface area contributed by atoms with Crippen molar-refractivity contribution in [2.75, 3.05) is 9.80 Å². The fraction of sp³-hybridized carbons (Fsp3) is 0.257. The SMILES string of the molecule is N#Cc1ccc(N2C(=O)N(c3ccnc(C(N)=O)c3C(Cc3ccccc3)c3ccccc3)[C@H]3CCCC[C@@H]32)cc1C(F)(F)F. The lowest BCUT2D eigenvalue weighted by Crippen LogP contribution is -2.40. The molecule has 1 aliphatic carbocycles. The van der Waals surface area contributed by atoms with Crippen molar-refractivity contribution in [2.24, 2.45) is 5.73 Å². The highest BCUT2D eigenvalue weighted by atomic mass is 19.4. The van der Waals surface area contributed by atoms with Crippen LogP contribution in [0.2, 0.25) is 0 Å². The monoisotopic (exact) mass is 609 g/mol. The number of benzene rings is 3. The Bertz CT molecular complexity index is 1770. The van der Waals surface area contributed by atoms with E-state index in [0.717, 1.165) is 36.1 Å². The first-order chi connectivity index (χ1) is 21.7. The van der Waals surface area contributed by atoms with E-state index in [0.29, 0.717) is 30.5 Å². The number of hydrogen-bond acceptors (Lipinski definition) is 4. The summed E-state index contributed by atoms with van der Waals surface area (Å²) in [4.78, 5) is 34.9. The molecule has 45 heavy (non-hydrogen) atoms. The molecule has 1 unspecified atom stereocenters. The van der Waals surface area contributed by atoms with Crippen LogP contribution in [0.3, 0.4) is 0 Å². The van der Waals surface area contributed by atoms with Crippen LogP contribution in [0.15, 0.2) is 91.1 Å². The first kappa shape index (κ1) is 29.9. The number of alkyl halides is 3. The van der Waals surface area contributed by atoms with Crippen molar-refractivity contribution < 1.29 is 22.8 Å². The Kier molecular flexibility index (Phi) is 8.02. The van der Waals surface area contributed by atoms with Crippen molar-refractivity contribution in [2.45, 2.75) is 56.3 Å². The number of nitrogens with zero attached hydrogens (tertiary/aromatic N) is 4. The molecule has 0 spiro atoms. The first-order valence-electron chi connectivity index (χ1n) is 14.8. The van der Waals surface area contributed by atoms with Crippen molar-refractivity contribution in [1.82, 2.24) is 4.98 Å². The van der Waals surface area contributed by atoms with Gasteiger partial charge in [0.1, 0.15) is 5.69 Å². The Morgan fingerprint density at radius 3 is 2.22 bits per heavy atom. The maximum absolute atomic E-state index is 14.5. The molecular formula is C35H30F3N5O2. The largest absolute Gasteiger partial charge is 0.417 e. The fourth-order valence-corrected chi connectivity index (χ4v) is 6.83. The quantitative estimate of drug-likeness (QED) is 0.239. The zero-order chi connectivity index (χ0) is 31.7. The van der Waals surface area contributed by atoms with E-state index in [2.05, 4.69) is 4.98 Å². The number of carbonyl (C=O) groups is 2. The van der Waals surface area contributed by atoms with E-state index in [4.69, 9.17) is 5.73 Å². The summed E-state index contributed by atoms with van der Waals surface area (Å²) in [6.07, 6.45) is -0.00656. The fourth-order valence-electron chi connectivity index (χ4n) is 6.83. The molecule has 2 heterocycles. The molecule has 1 aliphatic heterocycles. The van der Waals surface area contributed by atoms with Gasteiger partial charge in [-0.15, -0.1) is 0 Å². The summed E-state index contributed by atoms with van der Waals surface area (Å²) in [6, 6.07) is 24.7. The van der Waals surface area contributed by atoms with Crippen molar-refractivity contribution in [1.29, 1.82) is 5.26 Å². The van der Waals surface area contributed by atoms with Crippen LogP contribution in [0.1, 0.15) is 69.9 Å². The topological polar surface area (TPSA) is 103 Å². The highest BCUT2D eigenvalue weighted by Crippen LogP contribution is 2.45. The third-order valence-electron chi connectivity index (χ3n) is 8.77. The van der Waals surface area contributed by atoms with Gasteiger partial charge in [0.05, 0.1) is 35.0 Å². The summed E-state index contributed by atoms with van der Waals surface area (Å²) in [5, 5.41) is 9.34. The Labute approximate surface area is 258 Å². The Morgan fingerprint density at radius 2 is 1.60 bits per heavy atom. The number of rotatable bonds is 7.